The van der Waals surface area contributed by atoms with Crippen LogP contribution in [0, 0.1) is 0 Å². The van der Waals surface area contributed by atoms with Gasteiger partial charge in [-0.15, -0.1) is 0 Å². The highest BCUT2D eigenvalue weighted by atomic mass is 16.5. The van der Waals surface area contributed by atoms with Crippen LogP contribution < -0.4 is 10.1 Å². The van der Waals surface area contributed by atoms with E-state index in [1.807, 2.05) is 0 Å². The highest BCUT2D eigenvalue weighted by Gasteiger charge is 2.36. The fraction of sp³-hybridized carbons (Fsp3) is 0.278. The normalized spacial score (nSPS) is 16.5. The van der Waals surface area contributed by atoms with Crippen LogP contribution in [0.25, 0.3) is 0 Å². The maximum atomic E-state index is 12.5. The summed E-state index contributed by atoms with van der Waals surface area (Å²) in [6.07, 6.45) is 2.68. The number of rotatable bonds is 4. The number of amides is 2. The number of ether oxygens (including phenoxy) is 1. The van der Waals surface area contributed by atoms with Crippen LogP contribution in [-0.4, -0.2) is 35.3 Å². The van der Waals surface area contributed by atoms with E-state index in [2.05, 4.69) is 5.32 Å². The van der Waals surface area contributed by atoms with Gasteiger partial charge in [0.05, 0.1) is 6.26 Å². The number of hydrogen-bond acceptors (Lipinski definition) is 5. The zero-order valence-corrected chi connectivity index (χ0v) is 13.7. The lowest BCUT2D eigenvalue weighted by molar-refractivity contribution is -0.138. The van der Waals surface area contributed by atoms with Crippen molar-refractivity contribution in [2.75, 3.05) is 11.9 Å². The monoisotopic (exact) mass is 342 g/mol. The maximum absolute atomic E-state index is 12.5. The first-order valence-electron chi connectivity index (χ1n) is 7.98. The van der Waals surface area contributed by atoms with E-state index < -0.39 is 12.0 Å². The molecule has 1 saturated heterocycles. The average Bonchev–Trinajstić information content (AvgIpc) is 3.26. The van der Waals surface area contributed by atoms with Crippen molar-refractivity contribution in [2.24, 2.45) is 0 Å². The van der Waals surface area contributed by atoms with Gasteiger partial charge in [0.15, 0.2) is 5.76 Å². The molecule has 25 heavy (non-hydrogen) atoms. The van der Waals surface area contributed by atoms with Gasteiger partial charge in [-0.25, -0.2) is 4.79 Å². The smallest absolute Gasteiger partial charge is 0.334 e. The Balaban J connectivity index is 1.70. The van der Waals surface area contributed by atoms with Crippen molar-refractivity contribution < 1.29 is 23.5 Å². The molecule has 7 heteroatoms. The highest BCUT2D eigenvalue weighted by Crippen LogP contribution is 2.24. The Morgan fingerprint density at radius 1 is 1.24 bits per heavy atom. The molecule has 0 bridgehead atoms. The van der Waals surface area contributed by atoms with Crippen LogP contribution in [0.3, 0.4) is 0 Å². The molecule has 2 heterocycles. The van der Waals surface area contributed by atoms with Crippen LogP contribution in [0.5, 0.6) is 5.75 Å². The first-order chi connectivity index (χ1) is 12.0. The van der Waals surface area contributed by atoms with E-state index in [4.69, 9.17) is 9.15 Å². The summed E-state index contributed by atoms with van der Waals surface area (Å²) in [5, 5.41) is 2.63. The number of esters is 1. The Labute approximate surface area is 144 Å². The fourth-order valence-electron chi connectivity index (χ4n) is 2.82. The van der Waals surface area contributed by atoms with Crippen molar-refractivity contribution >= 4 is 23.5 Å². The Bertz CT molecular complexity index is 785. The third kappa shape index (κ3) is 3.88. The van der Waals surface area contributed by atoms with E-state index in [0.29, 0.717) is 24.4 Å². The van der Waals surface area contributed by atoms with E-state index >= 15 is 0 Å². The van der Waals surface area contributed by atoms with Crippen LogP contribution in [0.2, 0.25) is 0 Å². The van der Waals surface area contributed by atoms with Gasteiger partial charge in [-0.2, -0.15) is 0 Å². The molecule has 0 saturated carbocycles. The molecular formula is C18H18N2O5. The molecule has 0 spiro atoms. The molecule has 0 unspecified atom stereocenters. The van der Waals surface area contributed by atoms with Gasteiger partial charge in [0, 0.05) is 25.2 Å². The molecule has 1 fully saturated rings. The molecule has 3 rings (SSSR count). The molecule has 1 aliphatic rings. The van der Waals surface area contributed by atoms with Crippen LogP contribution in [0.15, 0.2) is 47.1 Å². The van der Waals surface area contributed by atoms with Crippen LogP contribution in [0.4, 0.5) is 5.69 Å². The molecule has 1 N–H and O–H groups in total. The molecule has 130 valence electrons. The molecule has 1 aromatic carbocycles. The van der Waals surface area contributed by atoms with E-state index in [0.717, 1.165) is 6.42 Å². The number of hydrogen-bond donors (Lipinski definition) is 1. The molecule has 1 aromatic heterocycles. The molecular weight excluding hydrogens is 324 g/mol. The van der Waals surface area contributed by atoms with E-state index in [1.54, 1.807) is 36.4 Å². The molecule has 1 aliphatic heterocycles. The van der Waals surface area contributed by atoms with Crippen LogP contribution >= 0.6 is 0 Å². The number of carbonyl (C=O) groups is 3. The number of carbonyl (C=O) groups excluding carboxylic acids is 3. The standard InChI is InChI=1S/C18H18N2O5/c1-12(21)19-13-5-2-6-14(11-13)25-18(23)15-7-3-9-20(15)17(22)16-8-4-10-24-16/h2,4-6,8,10-11,15H,3,7,9H2,1H3,(H,19,21)/t15-/m0/s1. The number of benzene rings is 1. The number of nitrogens with zero attached hydrogens (tertiary/aromatic N) is 1. The van der Waals surface area contributed by atoms with E-state index in [9.17, 15) is 14.4 Å². The van der Waals surface area contributed by atoms with Gasteiger partial charge in [0.1, 0.15) is 11.8 Å². The van der Waals surface area contributed by atoms with Crippen molar-refractivity contribution in [3.63, 3.8) is 0 Å². The van der Waals surface area contributed by atoms with Crippen molar-refractivity contribution in [1.82, 2.24) is 4.90 Å². The summed E-state index contributed by atoms with van der Waals surface area (Å²) in [5.74, 6) is -0.524. The largest absolute Gasteiger partial charge is 0.459 e. The van der Waals surface area contributed by atoms with Gasteiger partial charge in [0.25, 0.3) is 5.91 Å². The van der Waals surface area contributed by atoms with Gasteiger partial charge in [0.2, 0.25) is 5.91 Å². The van der Waals surface area contributed by atoms with Gasteiger partial charge < -0.3 is 19.4 Å². The minimum atomic E-state index is -0.651. The average molecular weight is 342 g/mol. The van der Waals surface area contributed by atoms with Gasteiger partial charge >= 0.3 is 5.97 Å². The quantitative estimate of drug-likeness (QED) is 0.681. The van der Waals surface area contributed by atoms with Crippen molar-refractivity contribution in [2.45, 2.75) is 25.8 Å². The summed E-state index contributed by atoms with van der Waals surface area (Å²) in [6, 6.07) is 9.10. The summed E-state index contributed by atoms with van der Waals surface area (Å²) >= 11 is 0. The number of furan rings is 1. The van der Waals surface area contributed by atoms with Crippen molar-refractivity contribution in [3.05, 3.63) is 48.4 Å². The number of nitrogens with one attached hydrogen (secondary N) is 1. The van der Waals surface area contributed by atoms with E-state index in [-0.39, 0.29) is 17.6 Å². The van der Waals surface area contributed by atoms with Gasteiger partial charge in [-0.1, -0.05) is 6.07 Å². The topological polar surface area (TPSA) is 88.9 Å². The Morgan fingerprint density at radius 2 is 2.08 bits per heavy atom. The maximum Gasteiger partial charge on any atom is 0.334 e. The third-order valence-corrected chi connectivity index (χ3v) is 3.89. The summed E-state index contributed by atoms with van der Waals surface area (Å²) in [4.78, 5) is 37.5. The first kappa shape index (κ1) is 16.8. The lowest BCUT2D eigenvalue weighted by Crippen LogP contribution is -2.42. The highest BCUT2D eigenvalue weighted by molar-refractivity contribution is 5.95. The lowest BCUT2D eigenvalue weighted by Gasteiger charge is -2.22. The van der Waals surface area contributed by atoms with E-state index in [1.165, 1.54) is 18.1 Å². The predicted octanol–water partition coefficient (Wildman–Crippen LogP) is 2.45. The second kappa shape index (κ2) is 7.21. The second-order valence-corrected chi connectivity index (χ2v) is 5.76. The van der Waals surface area contributed by atoms with Gasteiger partial charge in [-0.3, -0.25) is 9.59 Å². The molecule has 7 nitrogen and oxygen atoms in total. The Morgan fingerprint density at radius 3 is 2.80 bits per heavy atom. The lowest BCUT2D eigenvalue weighted by atomic mass is 10.2. The zero-order chi connectivity index (χ0) is 17.8. The summed E-state index contributed by atoms with van der Waals surface area (Å²) in [5.41, 5.74) is 0.535. The molecule has 1 atom stereocenters. The first-order valence-corrected chi connectivity index (χ1v) is 7.98. The summed E-state index contributed by atoms with van der Waals surface area (Å²) in [6.45, 7) is 1.88. The minimum absolute atomic E-state index is 0.201. The van der Waals surface area contributed by atoms with Crippen LogP contribution in [0.1, 0.15) is 30.3 Å². The minimum Gasteiger partial charge on any atom is -0.459 e. The summed E-state index contributed by atoms with van der Waals surface area (Å²) in [7, 11) is 0. The third-order valence-electron chi connectivity index (χ3n) is 3.89. The molecule has 0 radical (unpaired) electrons. The predicted molar refractivity (Wildman–Crippen MR) is 89.1 cm³/mol. The number of anilines is 1. The van der Waals surface area contributed by atoms with Gasteiger partial charge in [-0.05, 0) is 37.1 Å². The molecule has 2 amide bonds. The second-order valence-electron chi connectivity index (χ2n) is 5.76. The summed E-state index contributed by atoms with van der Waals surface area (Å²) < 4.78 is 10.5. The SMILES string of the molecule is CC(=O)Nc1cccc(OC(=O)[C@@H]2CCCN2C(=O)c2ccco2)c1. The van der Waals surface area contributed by atoms with Crippen LogP contribution in [-0.2, 0) is 9.59 Å². The molecule has 0 aliphatic carbocycles. The number of likely N-dealkylation sites (tertiary alicyclic amines) is 1. The van der Waals surface area contributed by atoms with Crippen molar-refractivity contribution in [1.29, 1.82) is 0 Å². The Hall–Kier alpha value is -3.09. The zero-order valence-electron chi connectivity index (χ0n) is 13.7. The fourth-order valence-corrected chi connectivity index (χ4v) is 2.82. The van der Waals surface area contributed by atoms with Crippen molar-refractivity contribution in [3.8, 4) is 5.75 Å². The Kier molecular flexibility index (Phi) is 4.83. The molecule has 2 aromatic rings.